The molecule has 1 aromatic heterocycles. The van der Waals surface area contributed by atoms with E-state index in [1.165, 1.54) is 6.07 Å². The number of hydrogen-bond acceptors (Lipinski definition) is 5. The topological polar surface area (TPSA) is 58.6 Å². The lowest BCUT2D eigenvalue weighted by molar-refractivity contribution is -0.139. The second-order valence-electron chi connectivity index (χ2n) is 6.16. The molecule has 2 aromatic rings. The van der Waals surface area contributed by atoms with Gasteiger partial charge < -0.3 is 9.64 Å². The summed E-state index contributed by atoms with van der Waals surface area (Å²) in [6, 6.07) is 5.98. The van der Waals surface area contributed by atoms with Crippen molar-refractivity contribution in [2.75, 3.05) is 24.9 Å². The van der Waals surface area contributed by atoms with Gasteiger partial charge in [0.2, 0.25) is 0 Å². The number of nitrogens with one attached hydrogen (secondary N) is 1. The third kappa shape index (κ3) is 4.95. The van der Waals surface area contributed by atoms with Crippen molar-refractivity contribution in [2.45, 2.75) is 22.9 Å². The highest BCUT2D eigenvalue weighted by molar-refractivity contribution is 9.11. The SMILES string of the molecule is CN1CCC(Oc2cc(NS(=O)(=O)c3ccc(Br)s3)ccc2C(F)(F)F)C1. The Hall–Kier alpha value is -1.30. The van der Waals surface area contributed by atoms with Gasteiger partial charge >= 0.3 is 6.18 Å². The molecule has 1 aliphatic rings. The number of benzene rings is 1. The van der Waals surface area contributed by atoms with Crippen molar-refractivity contribution < 1.29 is 26.3 Å². The molecule has 2 heterocycles. The number of likely N-dealkylation sites (tertiary alicyclic amines) is 1. The Labute approximate surface area is 167 Å². The van der Waals surface area contributed by atoms with Gasteiger partial charge in [-0.2, -0.15) is 13.2 Å². The Morgan fingerprint density at radius 1 is 1.30 bits per heavy atom. The quantitative estimate of drug-likeness (QED) is 0.682. The van der Waals surface area contributed by atoms with Crippen molar-refractivity contribution in [1.82, 2.24) is 4.90 Å². The summed E-state index contributed by atoms with van der Waals surface area (Å²) in [5.41, 5.74) is -0.923. The van der Waals surface area contributed by atoms with E-state index < -0.39 is 21.8 Å². The van der Waals surface area contributed by atoms with Gasteiger partial charge in [0.15, 0.2) is 0 Å². The van der Waals surface area contributed by atoms with Crippen LogP contribution in [0.25, 0.3) is 0 Å². The van der Waals surface area contributed by atoms with Crippen molar-refractivity contribution in [1.29, 1.82) is 0 Å². The van der Waals surface area contributed by atoms with Gasteiger partial charge in [0.05, 0.1) is 15.0 Å². The second-order valence-corrected chi connectivity index (χ2v) is 10.5. The zero-order valence-corrected chi connectivity index (χ0v) is 17.3. The molecular formula is C16H16BrF3N2O3S2. The summed E-state index contributed by atoms with van der Waals surface area (Å²) in [5, 5.41) is 0. The zero-order chi connectivity index (χ0) is 19.8. The molecule has 148 valence electrons. The molecule has 0 radical (unpaired) electrons. The van der Waals surface area contributed by atoms with Crippen LogP contribution in [0.2, 0.25) is 0 Å². The largest absolute Gasteiger partial charge is 0.488 e. The van der Waals surface area contributed by atoms with Gasteiger partial charge in [0.25, 0.3) is 10.0 Å². The Kier molecular flexibility index (Phi) is 5.76. The number of rotatable bonds is 5. The van der Waals surface area contributed by atoms with Crippen molar-refractivity contribution in [3.05, 3.63) is 39.7 Å². The molecule has 3 rings (SSSR count). The number of sulfonamides is 1. The highest BCUT2D eigenvalue weighted by Crippen LogP contribution is 2.39. The van der Waals surface area contributed by atoms with E-state index in [-0.39, 0.29) is 21.8 Å². The molecule has 1 unspecified atom stereocenters. The van der Waals surface area contributed by atoms with Gasteiger partial charge in [-0.3, -0.25) is 4.72 Å². The summed E-state index contributed by atoms with van der Waals surface area (Å²) < 4.78 is 73.3. The van der Waals surface area contributed by atoms with E-state index in [9.17, 15) is 21.6 Å². The average Bonchev–Trinajstić information content (AvgIpc) is 3.15. The van der Waals surface area contributed by atoms with Crippen LogP contribution < -0.4 is 9.46 Å². The van der Waals surface area contributed by atoms with Crippen LogP contribution in [0.4, 0.5) is 18.9 Å². The maximum atomic E-state index is 13.3. The lowest BCUT2D eigenvalue weighted by Gasteiger charge is -2.19. The maximum absolute atomic E-state index is 13.3. The third-order valence-corrected chi connectivity index (χ3v) is 7.49. The van der Waals surface area contributed by atoms with Crippen molar-refractivity contribution in [2.24, 2.45) is 0 Å². The summed E-state index contributed by atoms with van der Waals surface area (Å²) in [6.45, 7) is 1.24. The number of nitrogens with zero attached hydrogens (tertiary/aromatic N) is 1. The van der Waals surface area contributed by atoms with E-state index >= 15 is 0 Å². The Balaban J connectivity index is 1.89. The lowest BCUT2D eigenvalue weighted by Crippen LogP contribution is -2.23. The van der Waals surface area contributed by atoms with Crippen LogP contribution in [0.1, 0.15) is 12.0 Å². The van der Waals surface area contributed by atoms with Gasteiger partial charge in [-0.1, -0.05) is 0 Å². The predicted octanol–water partition coefficient (Wildman–Crippen LogP) is 4.41. The molecule has 5 nitrogen and oxygen atoms in total. The number of ether oxygens (including phenoxy) is 1. The Morgan fingerprint density at radius 2 is 2.04 bits per heavy atom. The van der Waals surface area contributed by atoms with Crippen molar-refractivity contribution in [3.8, 4) is 5.75 Å². The summed E-state index contributed by atoms with van der Waals surface area (Å²) in [5.74, 6) is -0.379. The van der Waals surface area contributed by atoms with E-state index in [1.807, 2.05) is 11.9 Å². The molecule has 0 aliphatic carbocycles. The molecule has 11 heteroatoms. The van der Waals surface area contributed by atoms with Gasteiger partial charge in [-0.05, 0) is 53.7 Å². The van der Waals surface area contributed by atoms with Gasteiger partial charge in [-0.25, -0.2) is 8.42 Å². The minimum atomic E-state index is -4.60. The van der Waals surface area contributed by atoms with E-state index in [4.69, 9.17) is 4.74 Å². The summed E-state index contributed by atoms with van der Waals surface area (Å²) in [7, 11) is -2.04. The van der Waals surface area contributed by atoms with E-state index in [1.54, 1.807) is 6.07 Å². The first-order chi connectivity index (χ1) is 12.5. The minimum absolute atomic E-state index is 0.00822. The molecule has 0 bridgehead atoms. The van der Waals surface area contributed by atoms with Gasteiger partial charge in [-0.15, -0.1) is 11.3 Å². The summed E-state index contributed by atoms with van der Waals surface area (Å²) in [4.78, 5) is 1.96. The molecule has 1 N–H and O–H groups in total. The average molecular weight is 485 g/mol. The smallest absolute Gasteiger partial charge is 0.419 e. The van der Waals surface area contributed by atoms with Crippen LogP contribution in [0.3, 0.4) is 0 Å². The first-order valence-corrected chi connectivity index (χ1v) is 11.0. The molecule has 0 spiro atoms. The molecule has 1 saturated heterocycles. The van der Waals surface area contributed by atoms with Crippen molar-refractivity contribution >= 4 is 43.0 Å². The highest BCUT2D eigenvalue weighted by atomic mass is 79.9. The monoisotopic (exact) mass is 484 g/mol. The maximum Gasteiger partial charge on any atom is 0.419 e. The number of halogens is 4. The van der Waals surface area contributed by atoms with Crippen molar-refractivity contribution in [3.63, 3.8) is 0 Å². The normalized spacial score (nSPS) is 18.6. The number of anilines is 1. The summed E-state index contributed by atoms with van der Waals surface area (Å²) in [6.07, 6.45) is -4.38. The number of thiophene rings is 1. The molecule has 0 amide bonds. The van der Waals surface area contributed by atoms with E-state index in [2.05, 4.69) is 20.7 Å². The lowest BCUT2D eigenvalue weighted by atomic mass is 10.1. The van der Waals surface area contributed by atoms with Crippen LogP contribution in [-0.2, 0) is 16.2 Å². The molecule has 1 fully saturated rings. The first kappa shape index (κ1) is 20.4. The van der Waals surface area contributed by atoms with E-state index in [0.29, 0.717) is 16.8 Å². The molecule has 0 saturated carbocycles. The fourth-order valence-corrected chi connectivity index (χ4v) is 5.79. The van der Waals surface area contributed by atoms with Crippen LogP contribution >= 0.6 is 27.3 Å². The Morgan fingerprint density at radius 3 is 2.59 bits per heavy atom. The van der Waals surface area contributed by atoms with Crippen LogP contribution in [0, 0.1) is 0 Å². The third-order valence-electron chi connectivity index (χ3n) is 3.99. The number of alkyl halides is 3. The minimum Gasteiger partial charge on any atom is -0.488 e. The highest BCUT2D eigenvalue weighted by Gasteiger charge is 2.36. The number of hydrogen-bond donors (Lipinski definition) is 1. The second kappa shape index (κ2) is 7.61. The van der Waals surface area contributed by atoms with Crippen LogP contribution in [0.15, 0.2) is 38.3 Å². The molecule has 27 heavy (non-hydrogen) atoms. The van der Waals surface area contributed by atoms with E-state index in [0.717, 1.165) is 36.1 Å². The van der Waals surface area contributed by atoms with Gasteiger partial charge in [0.1, 0.15) is 16.1 Å². The summed E-state index contributed by atoms with van der Waals surface area (Å²) >= 11 is 4.19. The zero-order valence-electron chi connectivity index (χ0n) is 14.1. The standard InChI is InChI=1S/C16H16BrF3N2O3S2/c1-22-7-6-11(9-22)25-13-8-10(2-3-12(13)16(18,19)20)21-27(23,24)15-5-4-14(17)26-15/h2-5,8,11,21H,6-7,9H2,1H3. The van der Waals surface area contributed by atoms with Crippen LogP contribution in [0.5, 0.6) is 5.75 Å². The molecular weight excluding hydrogens is 469 g/mol. The molecule has 1 atom stereocenters. The first-order valence-electron chi connectivity index (χ1n) is 7.89. The molecule has 1 aromatic carbocycles. The number of likely N-dealkylation sites (N-methyl/N-ethyl adjacent to an activating group) is 1. The van der Waals surface area contributed by atoms with Crippen LogP contribution in [-0.4, -0.2) is 39.6 Å². The van der Waals surface area contributed by atoms with Gasteiger partial charge in [0, 0.05) is 19.2 Å². The fraction of sp³-hybridized carbons (Fsp3) is 0.375. The predicted molar refractivity (Wildman–Crippen MR) is 101 cm³/mol. The Bertz CT molecular complexity index is 931. The fourth-order valence-electron chi connectivity index (χ4n) is 2.74. The molecule has 1 aliphatic heterocycles.